The Bertz CT molecular complexity index is 712. The van der Waals surface area contributed by atoms with E-state index in [1.54, 1.807) is 11.3 Å². The van der Waals surface area contributed by atoms with Crippen molar-refractivity contribution in [1.29, 1.82) is 0 Å². The predicted octanol–water partition coefficient (Wildman–Crippen LogP) is 3.86. The van der Waals surface area contributed by atoms with Crippen molar-refractivity contribution in [3.05, 3.63) is 44.6 Å². The van der Waals surface area contributed by atoms with Gasteiger partial charge < -0.3 is 9.55 Å². The van der Waals surface area contributed by atoms with Crippen molar-refractivity contribution < 1.29 is 0 Å². The van der Waals surface area contributed by atoms with E-state index in [9.17, 15) is 0 Å². The molecular weight excluding hydrogens is 274 g/mol. The van der Waals surface area contributed by atoms with Crippen LogP contribution in [0.1, 0.15) is 5.69 Å². The highest BCUT2D eigenvalue weighted by atomic mass is 35.5. The first-order chi connectivity index (χ1) is 8.25. The molecule has 0 fully saturated rings. The molecule has 0 aliphatic heterocycles. The van der Waals surface area contributed by atoms with Gasteiger partial charge in [-0.25, -0.2) is 4.98 Å². The number of nitrogens with zero attached hydrogens (tertiary/aromatic N) is 2. The summed E-state index contributed by atoms with van der Waals surface area (Å²) in [6.45, 7) is 0.645. The van der Waals surface area contributed by atoms with Crippen molar-refractivity contribution in [2.24, 2.45) is 0 Å². The minimum atomic E-state index is 0.645. The Morgan fingerprint density at radius 3 is 3.12 bits per heavy atom. The molecule has 2 aromatic heterocycles. The predicted molar refractivity (Wildman–Crippen MR) is 73.3 cm³/mol. The quantitative estimate of drug-likeness (QED) is 0.724. The molecule has 0 radical (unpaired) electrons. The molecule has 2 heterocycles. The number of nitrogens with one attached hydrogen (secondary N) is 1. The maximum Gasteiger partial charge on any atom is 0.178 e. The minimum Gasteiger partial charge on any atom is -0.331 e. The number of benzene rings is 1. The molecule has 1 aromatic carbocycles. The number of imidazole rings is 1. The second-order valence-electron chi connectivity index (χ2n) is 3.63. The standard InChI is InChI=1S/C11H8ClN3S2/c12-8-2-1-3-9-10(8)15(11(16)14-9)4-7-5-17-6-13-7/h1-3,5-6H,4H2,(H,14,16). The Morgan fingerprint density at radius 1 is 1.47 bits per heavy atom. The normalized spacial score (nSPS) is 11.1. The molecule has 0 unspecified atom stereocenters. The number of fused-ring (bicyclic) bond motifs is 1. The van der Waals surface area contributed by atoms with Crippen LogP contribution in [-0.4, -0.2) is 14.5 Å². The first-order valence-corrected chi connectivity index (χ1v) is 6.73. The molecule has 0 amide bonds. The van der Waals surface area contributed by atoms with Gasteiger partial charge in [0.1, 0.15) is 0 Å². The summed E-state index contributed by atoms with van der Waals surface area (Å²) < 4.78 is 2.64. The van der Waals surface area contributed by atoms with E-state index in [1.165, 1.54) is 0 Å². The number of aromatic amines is 1. The summed E-state index contributed by atoms with van der Waals surface area (Å²) in [5.74, 6) is 0. The van der Waals surface area contributed by atoms with Crippen LogP contribution in [-0.2, 0) is 6.54 Å². The van der Waals surface area contributed by atoms with E-state index in [0.29, 0.717) is 16.3 Å². The van der Waals surface area contributed by atoms with Gasteiger partial charge in [0.05, 0.1) is 33.8 Å². The first-order valence-electron chi connectivity index (χ1n) is 5.00. The molecule has 3 rings (SSSR count). The van der Waals surface area contributed by atoms with E-state index < -0.39 is 0 Å². The lowest BCUT2D eigenvalue weighted by Gasteiger charge is -2.03. The maximum atomic E-state index is 6.21. The van der Waals surface area contributed by atoms with Crippen LogP contribution < -0.4 is 0 Å². The van der Waals surface area contributed by atoms with Crippen molar-refractivity contribution in [3.8, 4) is 0 Å². The van der Waals surface area contributed by atoms with Crippen LogP contribution in [0.2, 0.25) is 5.02 Å². The van der Waals surface area contributed by atoms with Gasteiger partial charge in [0, 0.05) is 5.38 Å². The van der Waals surface area contributed by atoms with Gasteiger partial charge in [0.2, 0.25) is 0 Å². The van der Waals surface area contributed by atoms with Gasteiger partial charge in [-0.05, 0) is 24.4 Å². The maximum absolute atomic E-state index is 6.21. The summed E-state index contributed by atoms with van der Waals surface area (Å²) in [4.78, 5) is 7.41. The van der Waals surface area contributed by atoms with Crippen LogP contribution >= 0.6 is 35.2 Å². The Labute approximate surface area is 112 Å². The monoisotopic (exact) mass is 281 g/mol. The number of halogens is 1. The van der Waals surface area contributed by atoms with E-state index in [0.717, 1.165) is 16.7 Å². The Morgan fingerprint density at radius 2 is 2.35 bits per heavy atom. The lowest BCUT2D eigenvalue weighted by molar-refractivity contribution is 0.791. The van der Waals surface area contributed by atoms with Crippen molar-refractivity contribution in [2.75, 3.05) is 0 Å². The topological polar surface area (TPSA) is 33.6 Å². The van der Waals surface area contributed by atoms with E-state index in [1.807, 2.05) is 33.7 Å². The summed E-state index contributed by atoms with van der Waals surface area (Å²) in [6.07, 6.45) is 0. The summed E-state index contributed by atoms with van der Waals surface area (Å²) in [5, 5.41) is 2.71. The number of aromatic nitrogens is 3. The van der Waals surface area contributed by atoms with Crippen LogP contribution in [0.5, 0.6) is 0 Å². The smallest absolute Gasteiger partial charge is 0.178 e. The number of rotatable bonds is 2. The number of thiazole rings is 1. The van der Waals surface area contributed by atoms with E-state index in [2.05, 4.69) is 9.97 Å². The Kier molecular flexibility index (Phi) is 2.74. The largest absolute Gasteiger partial charge is 0.331 e. The summed E-state index contributed by atoms with van der Waals surface area (Å²) in [7, 11) is 0. The lowest BCUT2D eigenvalue weighted by Crippen LogP contribution is -2.00. The third-order valence-electron chi connectivity index (χ3n) is 2.55. The molecule has 0 saturated carbocycles. The average molecular weight is 282 g/mol. The van der Waals surface area contributed by atoms with Crippen LogP contribution in [0.3, 0.4) is 0 Å². The van der Waals surface area contributed by atoms with Gasteiger partial charge in [0.15, 0.2) is 4.77 Å². The average Bonchev–Trinajstić information content (AvgIpc) is 2.89. The summed E-state index contributed by atoms with van der Waals surface area (Å²) >= 11 is 13.1. The SMILES string of the molecule is S=c1[nH]c2cccc(Cl)c2n1Cc1cscn1. The summed E-state index contributed by atoms with van der Waals surface area (Å²) in [5.41, 5.74) is 4.70. The van der Waals surface area contributed by atoms with Gasteiger partial charge in [0.25, 0.3) is 0 Å². The minimum absolute atomic E-state index is 0.645. The first kappa shape index (κ1) is 11.0. The molecule has 6 heteroatoms. The van der Waals surface area contributed by atoms with E-state index >= 15 is 0 Å². The zero-order valence-corrected chi connectivity index (χ0v) is 11.1. The zero-order chi connectivity index (χ0) is 11.8. The molecule has 3 aromatic rings. The number of para-hydroxylation sites is 1. The molecule has 3 nitrogen and oxygen atoms in total. The van der Waals surface area contributed by atoms with Crippen LogP contribution in [0.25, 0.3) is 11.0 Å². The highest BCUT2D eigenvalue weighted by molar-refractivity contribution is 7.71. The van der Waals surface area contributed by atoms with Crippen molar-refractivity contribution in [3.63, 3.8) is 0 Å². The van der Waals surface area contributed by atoms with Crippen LogP contribution in [0.4, 0.5) is 0 Å². The number of hydrogen-bond acceptors (Lipinski definition) is 3. The third kappa shape index (κ3) is 1.90. The second kappa shape index (κ2) is 4.25. The van der Waals surface area contributed by atoms with Crippen LogP contribution in [0.15, 0.2) is 29.1 Å². The van der Waals surface area contributed by atoms with Gasteiger partial charge in [-0.15, -0.1) is 11.3 Å². The molecule has 0 bridgehead atoms. The molecule has 0 aliphatic rings. The highest BCUT2D eigenvalue weighted by Gasteiger charge is 2.08. The van der Waals surface area contributed by atoms with Gasteiger partial charge >= 0.3 is 0 Å². The highest BCUT2D eigenvalue weighted by Crippen LogP contribution is 2.24. The second-order valence-corrected chi connectivity index (χ2v) is 5.14. The molecule has 0 saturated heterocycles. The fourth-order valence-corrected chi connectivity index (χ4v) is 2.90. The zero-order valence-electron chi connectivity index (χ0n) is 8.68. The molecule has 1 N–H and O–H groups in total. The Hall–Kier alpha value is -1.17. The molecule has 86 valence electrons. The van der Waals surface area contributed by atoms with Crippen molar-refractivity contribution >= 4 is 46.2 Å². The molecule has 0 spiro atoms. The van der Waals surface area contributed by atoms with Gasteiger partial charge in [-0.3, -0.25) is 0 Å². The van der Waals surface area contributed by atoms with Gasteiger partial charge in [-0.1, -0.05) is 17.7 Å². The molecular formula is C11H8ClN3S2. The lowest BCUT2D eigenvalue weighted by atomic mass is 10.3. The van der Waals surface area contributed by atoms with Crippen molar-refractivity contribution in [1.82, 2.24) is 14.5 Å². The number of hydrogen-bond donors (Lipinski definition) is 1. The third-order valence-corrected chi connectivity index (χ3v) is 3.81. The molecule has 0 atom stereocenters. The number of H-pyrrole nitrogens is 1. The van der Waals surface area contributed by atoms with Crippen LogP contribution in [0, 0.1) is 4.77 Å². The van der Waals surface area contributed by atoms with E-state index in [-0.39, 0.29) is 0 Å². The molecule has 17 heavy (non-hydrogen) atoms. The van der Waals surface area contributed by atoms with E-state index in [4.69, 9.17) is 23.8 Å². The summed E-state index contributed by atoms with van der Waals surface area (Å²) in [6, 6.07) is 5.74. The fourth-order valence-electron chi connectivity index (χ4n) is 1.80. The Balaban J connectivity index is 2.21. The van der Waals surface area contributed by atoms with Gasteiger partial charge in [-0.2, -0.15) is 0 Å². The molecule has 0 aliphatic carbocycles. The van der Waals surface area contributed by atoms with Crippen molar-refractivity contribution in [2.45, 2.75) is 6.54 Å². The fraction of sp³-hybridized carbons (Fsp3) is 0.0909.